The van der Waals surface area contributed by atoms with Gasteiger partial charge in [0.25, 0.3) is 0 Å². The lowest BCUT2D eigenvalue weighted by Gasteiger charge is -2.32. The van der Waals surface area contributed by atoms with Crippen molar-refractivity contribution in [1.82, 2.24) is 0 Å². The molecule has 0 bridgehead atoms. The van der Waals surface area contributed by atoms with Crippen LogP contribution in [0.4, 0.5) is 0 Å². The first-order chi connectivity index (χ1) is 7.05. The average Bonchev–Trinajstić information content (AvgIpc) is 1.97. The van der Waals surface area contributed by atoms with Crippen LogP contribution < -0.4 is 0 Å². The summed E-state index contributed by atoms with van der Waals surface area (Å²) in [5.74, 6) is 0.0726. The Labute approximate surface area is 100 Å². The molecule has 0 heterocycles. The Morgan fingerprint density at radius 3 is 1.69 bits per heavy atom. The standard InChI is InChI=1S/C12H24BNO2/c1-10(8-9-14)13(15-11(2,3)4)16-12(5,6)7/h10H,8H2,1-7H3. The van der Waals surface area contributed by atoms with Crippen LogP contribution in [0.2, 0.25) is 5.82 Å². The van der Waals surface area contributed by atoms with Gasteiger partial charge >= 0.3 is 7.12 Å². The molecule has 16 heavy (non-hydrogen) atoms. The van der Waals surface area contributed by atoms with Gasteiger partial charge in [0.05, 0.1) is 6.07 Å². The molecule has 0 amide bonds. The monoisotopic (exact) mass is 225 g/mol. The Balaban J connectivity index is 4.58. The first-order valence-electron chi connectivity index (χ1n) is 5.78. The fourth-order valence-corrected chi connectivity index (χ4v) is 1.19. The van der Waals surface area contributed by atoms with E-state index in [1.165, 1.54) is 0 Å². The molecule has 0 fully saturated rings. The summed E-state index contributed by atoms with van der Waals surface area (Å²) < 4.78 is 11.7. The Morgan fingerprint density at radius 2 is 1.44 bits per heavy atom. The van der Waals surface area contributed by atoms with Gasteiger partial charge in [0, 0.05) is 23.4 Å². The zero-order chi connectivity index (χ0) is 13.0. The number of hydrogen-bond donors (Lipinski definition) is 0. The summed E-state index contributed by atoms with van der Waals surface area (Å²) in [5.41, 5.74) is -0.529. The van der Waals surface area contributed by atoms with Crippen LogP contribution >= 0.6 is 0 Å². The molecule has 0 aliphatic carbocycles. The Hall–Kier alpha value is -0.525. The van der Waals surface area contributed by atoms with Gasteiger partial charge < -0.3 is 9.31 Å². The van der Waals surface area contributed by atoms with Crippen LogP contribution in [0.5, 0.6) is 0 Å². The second kappa shape index (κ2) is 5.70. The highest BCUT2D eigenvalue weighted by atomic mass is 16.6. The molecule has 0 spiro atoms. The molecule has 0 aromatic rings. The molecule has 0 saturated heterocycles. The lowest BCUT2D eigenvalue weighted by molar-refractivity contribution is 0.0297. The third-order valence-corrected chi connectivity index (χ3v) is 1.82. The second-order valence-corrected chi connectivity index (χ2v) is 6.17. The van der Waals surface area contributed by atoms with Gasteiger partial charge in [-0.1, -0.05) is 6.92 Å². The maximum Gasteiger partial charge on any atom is 0.461 e. The molecule has 0 aromatic carbocycles. The van der Waals surface area contributed by atoms with Crippen LogP contribution in [0.15, 0.2) is 0 Å². The first kappa shape index (κ1) is 15.5. The minimum absolute atomic E-state index is 0.0726. The fourth-order valence-electron chi connectivity index (χ4n) is 1.19. The molecule has 0 saturated carbocycles. The quantitative estimate of drug-likeness (QED) is 0.688. The fraction of sp³-hybridized carbons (Fsp3) is 0.917. The van der Waals surface area contributed by atoms with E-state index in [0.29, 0.717) is 6.42 Å². The number of nitriles is 1. The molecule has 0 aromatic heterocycles. The van der Waals surface area contributed by atoms with Crippen molar-refractivity contribution in [3.63, 3.8) is 0 Å². The molecular weight excluding hydrogens is 201 g/mol. The topological polar surface area (TPSA) is 42.2 Å². The third-order valence-electron chi connectivity index (χ3n) is 1.82. The normalized spacial score (nSPS) is 14.4. The van der Waals surface area contributed by atoms with Crippen LogP contribution in [0.1, 0.15) is 54.9 Å². The highest BCUT2D eigenvalue weighted by Gasteiger charge is 2.34. The molecule has 3 nitrogen and oxygen atoms in total. The average molecular weight is 225 g/mol. The van der Waals surface area contributed by atoms with E-state index < -0.39 is 0 Å². The molecule has 0 aliphatic heterocycles. The Morgan fingerprint density at radius 1 is 1.06 bits per heavy atom. The van der Waals surface area contributed by atoms with Gasteiger partial charge in [-0.15, -0.1) is 0 Å². The van der Waals surface area contributed by atoms with Crippen molar-refractivity contribution >= 4 is 7.12 Å². The van der Waals surface area contributed by atoms with Crippen LogP contribution in [0, 0.1) is 11.3 Å². The molecule has 1 unspecified atom stereocenters. The van der Waals surface area contributed by atoms with Crippen molar-refractivity contribution in [1.29, 1.82) is 5.26 Å². The van der Waals surface area contributed by atoms with Gasteiger partial charge in [-0.05, 0) is 41.5 Å². The molecule has 4 heteroatoms. The van der Waals surface area contributed by atoms with E-state index in [1.807, 2.05) is 48.5 Å². The summed E-state index contributed by atoms with van der Waals surface area (Å²) in [5, 5.41) is 8.72. The minimum atomic E-state index is -0.334. The second-order valence-electron chi connectivity index (χ2n) is 6.17. The van der Waals surface area contributed by atoms with Gasteiger partial charge in [0.1, 0.15) is 0 Å². The van der Waals surface area contributed by atoms with E-state index in [4.69, 9.17) is 14.6 Å². The van der Waals surface area contributed by atoms with Crippen molar-refractivity contribution in [3.05, 3.63) is 0 Å². The van der Waals surface area contributed by atoms with Crippen molar-refractivity contribution < 1.29 is 9.31 Å². The van der Waals surface area contributed by atoms with Gasteiger partial charge in [0.15, 0.2) is 0 Å². The summed E-state index contributed by atoms with van der Waals surface area (Å²) in [6.07, 6.45) is 0.441. The maximum atomic E-state index is 8.72. The van der Waals surface area contributed by atoms with E-state index in [2.05, 4.69) is 6.07 Å². The van der Waals surface area contributed by atoms with Gasteiger partial charge in [-0.2, -0.15) is 5.26 Å². The van der Waals surface area contributed by atoms with Crippen molar-refractivity contribution in [2.45, 2.75) is 71.9 Å². The molecule has 0 rings (SSSR count). The zero-order valence-corrected chi connectivity index (χ0v) is 11.6. The molecule has 0 radical (unpaired) electrons. The van der Waals surface area contributed by atoms with Crippen molar-refractivity contribution in [2.75, 3.05) is 0 Å². The summed E-state index contributed by atoms with van der Waals surface area (Å²) in [7, 11) is -0.334. The number of rotatable bonds is 4. The molecule has 0 N–H and O–H groups in total. The summed E-state index contributed by atoms with van der Waals surface area (Å²) in [4.78, 5) is 0. The summed E-state index contributed by atoms with van der Waals surface area (Å²) >= 11 is 0. The first-order valence-corrected chi connectivity index (χ1v) is 5.78. The number of nitrogens with zero attached hydrogens (tertiary/aromatic N) is 1. The largest absolute Gasteiger partial charge is 0.461 e. The molecule has 1 atom stereocenters. The highest BCUT2D eigenvalue weighted by Crippen LogP contribution is 2.24. The summed E-state index contributed by atoms with van der Waals surface area (Å²) in [6, 6.07) is 2.16. The maximum absolute atomic E-state index is 8.72. The van der Waals surface area contributed by atoms with Gasteiger partial charge in [-0.25, -0.2) is 0 Å². The third kappa shape index (κ3) is 7.73. The predicted octanol–water partition coefficient (Wildman–Crippen LogP) is 3.41. The highest BCUT2D eigenvalue weighted by molar-refractivity contribution is 6.46. The minimum Gasteiger partial charge on any atom is -0.406 e. The van der Waals surface area contributed by atoms with Crippen LogP contribution in [0.25, 0.3) is 0 Å². The van der Waals surface area contributed by atoms with Gasteiger partial charge in [0.2, 0.25) is 0 Å². The SMILES string of the molecule is CC(CC#N)B(OC(C)(C)C)OC(C)(C)C. The molecule has 0 aliphatic rings. The number of hydrogen-bond acceptors (Lipinski definition) is 3. The summed E-state index contributed by atoms with van der Waals surface area (Å²) in [6.45, 7) is 13.9. The molecular formula is C12H24BNO2. The van der Waals surface area contributed by atoms with E-state index in [-0.39, 0.29) is 24.1 Å². The van der Waals surface area contributed by atoms with Gasteiger partial charge in [-0.3, -0.25) is 0 Å². The Bertz CT molecular complexity index is 231. The van der Waals surface area contributed by atoms with E-state index in [9.17, 15) is 0 Å². The zero-order valence-electron chi connectivity index (χ0n) is 11.6. The molecule has 92 valence electrons. The lowest BCUT2D eigenvalue weighted by atomic mass is 9.70. The lowest BCUT2D eigenvalue weighted by Crippen LogP contribution is -2.41. The van der Waals surface area contributed by atoms with E-state index in [1.54, 1.807) is 0 Å². The van der Waals surface area contributed by atoms with E-state index >= 15 is 0 Å². The Kier molecular flexibility index (Phi) is 5.51. The van der Waals surface area contributed by atoms with E-state index in [0.717, 1.165) is 0 Å². The van der Waals surface area contributed by atoms with Crippen molar-refractivity contribution in [3.8, 4) is 6.07 Å². The smallest absolute Gasteiger partial charge is 0.406 e. The van der Waals surface area contributed by atoms with Crippen LogP contribution in [0.3, 0.4) is 0 Å². The predicted molar refractivity (Wildman–Crippen MR) is 67.1 cm³/mol. The van der Waals surface area contributed by atoms with Crippen LogP contribution in [-0.2, 0) is 9.31 Å². The van der Waals surface area contributed by atoms with Crippen LogP contribution in [-0.4, -0.2) is 18.3 Å². The van der Waals surface area contributed by atoms with Crippen molar-refractivity contribution in [2.24, 2.45) is 0 Å².